The van der Waals surface area contributed by atoms with Gasteiger partial charge >= 0.3 is 0 Å². The third-order valence-electron chi connectivity index (χ3n) is 5.81. The van der Waals surface area contributed by atoms with Crippen molar-refractivity contribution in [2.24, 2.45) is 7.05 Å². The average molecular weight is 509 g/mol. The molecule has 0 bridgehead atoms. The first kappa shape index (κ1) is 22.7. The Hall–Kier alpha value is -4.70. The lowest BCUT2D eigenvalue weighted by Crippen LogP contribution is -2.22. The summed E-state index contributed by atoms with van der Waals surface area (Å²) in [6.07, 6.45) is 1.49. The number of H-pyrrole nitrogens is 1. The molecule has 10 heteroatoms. The summed E-state index contributed by atoms with van der Waals surface area (Å²) in [5.41, 5.74) is 1.30. The van der Waals surface area contributed by atoms with Gasteiger partial charge in [-0.3, -0.25) is 18.8 Å². The van der Waals surface area contributed by atoms with Gasteiger partial charge in [0, 0.05) is 7.05 Å². The standard InChI is InChI=1S/C27H20N6O3S/c1-32-24-21(15-28-32)25(34)31-23(30-24)16-37-27-29-22-10-6-5-9-20(22)26(35)33(27)17-11-13-19(14-12-17)36-18-7-3-2-4-8-18/h2-15H,16H2,1H3,(H,30,31,34). The van der Waals surface area contributed by atoms with Gasteiger partial charge in [0.15, 0.2) is 10.8 Å². The fraction of sp³-hybridized carbons (Fsp3) is 0.0741. The second-order valence-corrected chi connectivity index (χ2v) is 9.21. The number of thioether (sulfide) groups is 1. The van der Waals surface area contributed by atoms with Crippen LogP contribution in [0.25, 0.3) is 27.6 Å². The van der Waals surface area contributed by atoms with Crippen molar-refractivity contribution in [3.8, 4) is 17.2 Å². The minimum atomic E-state index is -0.258. The number of para-hydroxylation sites is 2. The maximum absolute atomic E-state index is 13.6. The molecule has 0 aliphatic carbocycles. The number of aromatic amines is 1. The minimum absolute atomic E-state index is 0.187. The van der Waals surface area contributed by atoms with E-state index >= 15 is 0 Å². The van der Waals surface area contributed by atoms with Crippen molar-refractivity contribution >= 4 is 33.7 Å². The van der Waals surface area contributed by atoms with Crippen LogP contribution in [0.15, 0.2) is 99.8 Å². The number of hydrogen-bond acceptors (Lipinski definition) is 7. The second kappa shape index (κ2) is 9.40. The first-order valence-electron chi connectivity index (χ1n) is 11.5. The number of aryl methyl sites for hydroxylation is 1. The molecule has 182 valence electrons. The monoisotopic (exact) mass is 508 g/mol. The molecule has 3 aromatic carbocycles. The number of rotatable bonds is 6. The molecule has 0 amide bonds. The van der Waals surface area contributed by atoms with Crippen LogP contribution in [0.5, 0.6) is 11.5 Å². The van der Waals surface area contributed by atoms with E-state index in [2.05, 4.69) is 15.1 Å². The molecule has 6 aromatic rings. The van der Waals surface area contributed by atoms with Gasteiger partial charge in [-0.05, 0) is 48.5 Å². The Morgan fingerprint density at radius 2 is 1.59 bits per heavy atom. The summed E-state index contributed by atoms with van der Waals surface area (Å²) in [4.78, 5) is 38.1. The molecule has 6 rings (SSSR count). The lowest BCUT2D eigenvalue weighted by atomic mass is 10.2. The van der Waals surface area contributed by atoms with E-state index in [1.54, 1.807) is 22.4 Å². The van der Waals surface area contributed by atoms with Gasteiger partial charge in [-0.2, -0.15) is 5.10 Å². The van der Waals surface area contributed by atoms with Crippen LogP contribution >= 0.6 is 11.8 Å². The van der Waals surface area contributed by atoms with Crippen LogP contribution in [-0.2, 0) is 12.8 Å². The highest BCUT2D eigenvalue weighted by molar-refractivity contribution is 7.98. The predicted molar refractivity (Wildman–Crippen MR) is 143 cm³/mol. The van der Waals surface area contributed by atoms with Crippen molar-refractivity contribution in [2.75, 3.05) is 0 Å². The van der Waals surface area contributed by atoms with Gasteiger partial charge in [-0.25, -0.2) is 9.97 Å². The number of aromatic nitrogens is 6. The Balaban J connectivity index is 1.38. The van der Waals surface area contributed by atoms with Crippen LogP contribution in [0, 0.1) is 0 Å². The number of fused-ring (bicyclic) bond motifs is 2. The highest BCUT2D eigenvalue weighted by Gasteiger charge is 2.15. The van der Waals surface area contributed by atoms with E-state index in [0.29, 0.717) is 50.1 Å². The van der Waals surface area contributed by atoms with Crippen LogP contribution in [0.2, 0.25) is 0 Å². The summed E-state index contributed by atoms with van der Waals surface area (Å²) < 4.78 is 9.02. The lowest BCUT2D eigenvalue weighted by Gasteiger charge is -2.14. The second-order valence-electron chi connectivity index (χ2n) is 8.27. The van der Waals surface area contributed by atoms with Crippen molar-refractivity contribution in [1.82, 2.24) is 29.3 Å². The van der Waals surface area contributed by atoms with E-state index in [-0.39, 0.29) is 11.1 Å². The molecule has 0 aliphatic heterocycles. The van der Waals surface area contributed by atoms with E-state index < -0.39 is 0 Å². The van der Waals surface area contributed by atoms with Crippen molar-refractivity contribution in [2.45, 2.75) is 10.9 Å². The fourth-order valence-electron chi connectivity index (χ4n) is 4.00. The first-order valence-corrected chi connectivity index (χ1v) is 12.4. The third kappa shape index (κ3) is 4.38. The molecule has 0 fully saturated rings. The molecular formula is C27H20N6O3S. The Morgan fingerprint density at radius 1 is 0.865 bits per heavy atom. The number of ether oxygens (including phenoxy) is 1. The Kier molecular flexibility index (Phi) is 5.78. The van der Waals surface area contributed by atoms with Crippen LogP contribution in [-0.4, -0.2) is 29.3 Å². The summed E-state index contributed by atoms with van der Waals surface area (Å²) in [7, 11) is 1.74. The van der Waals surface area contributed by atoms with Crippen LogP contribution in [0.4, 0.5) is 0 Å². The lowest BCUT2D eigenvalue weighted by molar-refractivity contribution is 0.482. The zero-order valence-corrected chi connectivity index (χ0v) is 20.5. The molecular weight excluding hydrogens is 488 g/mol. The van der Waals surface area contributed by atoms with Gasteiger partial charge in [0.25, 0.3) is 11.1 Å². The molecule has 3 heterocycles. The van der Waals surface area contributed by atoms with E-state index in [1.165, 1.54) is 18.0 Å². The van der Waals surface area contributed by atoms with Gasteiger partial charge < -0.3 is 9.72 Å². The summed E-state index contributed by atoms with van der Waals surface area (Å²) in [5.74, 6) is 2.14. The topological polar surface area (TPSA) is 108 Å². The summed E-state index contributed by atoms with van der Waals surface area (Å²) in [6.45, 7) is 0. The van der Waals surface area contributed by atoms with Gasteiger partial charge in [0.05, 0.1) is 28.5 Å². The summed E-state index contributed by atoms with van der Waals surface area (Å²) in [5, 5.41) is 5.53. The molecule has 0 saturated heterocycles. The number of benzene rings is 3. The molecule has 37 heavy (non-hydrogen) atoms. The normalized spacial score (nSPS) is 11.3. The maximum Gasteiger partial charge on any atom is 0.266 e. The SMILES string of the molecule is Cn1ncc2c(=O)[nH]c(CSc3nc4ccccc4c(=O)n3-c3ccc(Oc4ccccc4)cc3)nc21. The zero-order valence-electron chi connectivity index (χ0n) is 19.7. The molecule has 0 aliphatic rings. The quantitative estimate of drug-likeness (QED) is 0.262. The first-order chi connectivity index (χ1) is 18.1. The molecule has 0 unspecified atom stereocenters. The van der Waals surface area contributed by atoms with Gasteiger partial charge in [-0.15, -0.1) is 0 Å². The van der Waals surface area contributed by atoms with Crippen LogP contribution < -0.4 is 15.9 Å². The van der Waals surface area contributed by atoms with E-state index in [1.807, 2.05) is 72.8 Å². The van der Waals surface area contributed by atoms with Crippen molar-refractivity contribution in [3.05, 3.63) is 112 Å². The highest BCUT2D eigenvalue weighted by atomic mass is 32.2. The van der Waals surface area contributed by atoms with Crippen LogP contribution in [0.1, 0.15) is 5.82 Å². The van der Waals surface area contributed by atoms with Crippen molar-refractivity contribution in [3.63, 3.8) is 0 Å². The van der Waals surface area contributed by atoms with E-state index in [0.717, 1.165) is 5.75 Å². The summed E-state index contributed by atoms with van der Waals surface area (Å²) in [6, 6.07) is 24.0. The zero-order chi connectivity index (χ0) is 25.4. The van der Waals surface area contributed by atoms with E-state index in [9.17, 15) is 9.59 Å². The molecule has 0 atom stereocenters. The molecule has 0 spiro atoms. The molecule has 9 nitrogen and oxygen atoms in total. The van der Waals surface area contributed by atoms with Crippen molar-refractivity contribution in [1.29, 1.82) is 0 Å². The Morgan fingerprint density at radius 3 is 2.41 bits per heavy atom. The average Bonchev–Trinajstić information content (AvgIpc) is 3.30. The Labute approximate surface area is 214 Å². The van der Waals surface area contributed by atoms with E-state index in [4.69, 9.17) is 9.72 Å². The molecule has 0 saturated carbocycles. The Bertz CT molecular complexity index is 1860. The number of nitrogens with zero attached hydrogens (tertiary/aromatic N) is 5. The predicted octanol–water partition coefficient (Wildman–Crippen LogP) is 4.44. The number of hydrogen-bond donors (Lipinski definition) is 1. The molecule has 1 N–H and O–H groups in total. The molecule has 3 aromatic heterocycles. The largest absolute Gasteiger partial charge is 0.457 e. The number of nitrogens with one attached hydrogen (secondary N) is 1. The van der Waals surface area contributed by atoms with Crippen molar-refractivity contribution < 1.29 is 4.74 Å². The van der Waals surface area contributed by atoms with Gasteiger partial charge in [-0.1, -0.05) is 42.1 Å². The molecule has 0 radical (unpaired) electrons. The van der Waals surface area contributed by atoms with Gasteiger partial charge in [0.2, 0.25) is 0 Å². The fourth-order valence-corrected chi connectivity index (χ4v) is 4.89. The van der Waals surface area contributed by atoms with Crippen LogP contribution in [0.3, 0.4) is 0 Å². The highest BCUT2D eigenvalue weighted by Crippen LogP contribution is 2.26. The maximum atomic E-state index is 13.6. The third-order valence-corrected chi connectivity index (χ3v) is 6.76. The smallest absolute Gasteiger partial charge is 0.266 e. The minimum Gasteiger partial charge on any atom is -0.457 e. The summed E-state index contributed by atoms with van der Waals surface area (Å²) >= 11 is 1.31. The van der Waals surface area contributed by atoms with Gasteiger partial charge in [0.1, 0.15) is 22.7 Å².